The number of piperidine rings is 2. The van der Waals surface area contributed by atoms with E-state index in [1.165, 1.54) is 5.69 Å². The van der Waals surface area contributed by atoms with Gasteiger partial charge in [0.2, 0.25) is 0 Å². The molecule has 3 aromatic heterocycles. The molecule has 2 aliphatic rings. The van der Waals surface area contributed by atoms with Crippen molar-refractivity contribution in [3.8, 4) is 11.1 Å². The molecule has 0 amide bonds. The lowest BCUT2D eigenvalue weighted by Gasteiger charge is -2.50. The third kappa shape index (κ3) is 3.31. The van der Waals surface area contributed by atoms with Gasteiger partial charge in [-0.15, -0.1) is 0 Å². The molecule has 29 heavy (non-hydrogen) atoms. The van der Waals surface area contributed by atoms with Crippen LogP contribution in [0.4, 0.5) is 5.69 Å². The first-order chi connectivity index (χ1) is 14.0. The van der Waals surface area contributed by atoms with Gasteiger partial charge in [0.25, 0.3) is 0 Å². The van der Waals surface area contributed by atoms with Gasteiger partial charge in [-0.2, -0.15) is 5.10 Å². The Kier molecular flexibility index (Phi) is 4.57. The molecule has 2 aliphatic heterocycles. The van der Waals surface area contributed by atoms with Gasteiger partial charge in [0.1, 0.15) is 5.65 Å². The highest BCUT2D eigenvalue weighted by Crippen LogP contribution is 2.37. The third-order valence-electron chi connectivity index (χ3n) is 6.58. The molecule has 0 radical (unpaired) electrons. The number of nitrogens with two attached hydrogens (primary N) is 2. The zero-order valence-electron chi connectivity index (χ0n) is 17.0. The second kappa shape index (κ2) is 7.12. The number of hydrogen-bond acceptors (Lipinski definition) is 6. The molecule has 5 rings (SSSR count). The van der Waals surface area contributed by atoms with E-state index >= 15 is 0 Å². The Bertz CT molecular complexity index is 999. The molecule has 0 unspecified atom stereocenters. The third-order valence-corrected chi connectivity index (χ3v) is 6.58. The molecule has 1 atom stereocenters. The summed E-state index contributed by atoms with van der Waals surface area (Å²) >= 11 is 0. The molecule has 5 heterocycles. The van der Waals surface area contributed by atoms with E-state index < -0.39 is 0 Å². The van der Waals surface area contributed by atoms with E-state index in [2.05, 4.69) is 30.9 Å². The minimum atomic E-state index is -0.307. The van der Waals surface area contributed by atoms with Crippen LogP contribution in [0.5, 0.6) is 0 Å². The summed E-state index contributed by atoms with van der Waals surface area (Å²) in [5, 5.41) is 5.49. The summed E-state index contributed by atoms with van der Waals surface area (Å²) in [5.41, 5.74) is 17.1. The summed E-state index contributed by atoms with van der Waals surface area (Å²) in [6.45, 7) is 3.80. The number of nitrogens with zero attached hydrogens (tertiary/aromatic N) is 5. The van der Waals surface area contributed by atoms with Crippen LogP contribution in [0.25, 0.3) is 22.2 Å². The van der Waals surface area contributed by atoms with Crippen molar-refractivity contribution < 1.29 is 0 Å². The highest BCUT2D eigenvalue weighted by molar-refractivity contribution is 6.02. The van der Waals surface area contributed by atoms with Crippen LogP contribution in [0.1, 0.15) is 25.7 Å². The fraction of sp³-hybridized carbons (Fsp3) is 0.524. The first-order valence-electron chi connectivity index (χ1n) is 10.5. The van der Waals surface area contributed by atoms with E-state index in [9.17, 15) is 0 Å². The first-order valence-corrected chi connectivity index (χ1v) is 10.5. The summed E-state index contributed by atoms with van der Waals surface area (Å²) in [4.78, 5) is 12.8. The zero-order valence-corrected chi connectivity index (χ0v) is 17.0. The van der Waals surface area contributed by atoms with Crippen LogP contribution >= 0.6 is 0 Å². The van der Waals surface area contributed by atoms with Gasteiger partial charge >= 0.3 is 0 Å². The van der Waals surface area contributed by atoms with Crippen LogP contribution in [0, 0.1) is 0 Å². The number of fused-ring (bicyclic) bond motifs is 1. The molecule has 0 spiro atoms. The average molecular weight is 395 g/mol. The molecular formula is C21H30N8. The van der Waals surface area contributed by atoms with Gasteiger partial charge in [-0.05, 0) is 31.7 Å². The fourth-order valence-electron chi connectivity index (χ4n) is 4.96. The second-order valence-corrected chi connectivity index (χ2v) is 8.61. The zero-order chi connectivity index (χ0) is 20.0. The summed E-state index contributed by atoms with van der Waals surface area (Å²) in [7, 11) is 1.94. The average Bonchev–Trinajstić information content (AvgIpc) is 3.34. The molecule has 2 fully saturated rings. The normalized spacial score (nSPS) is 24.4. The lowest BCUT2D eigenvalue weighted by atomic mass is 9.93. The van der Waals surface area contributed by atoms with E-state index in [0.29, 0.717) is 6.04 Å². The second-order valence-electron chi connectivity index (χ2n) is 8.61. The molecule has 5 N–H and O–H groups in total. The Balaban J connectivity index is 1.49. The van der Waals surface area contributed by atoms with Gasteiger partial charge < -0.3 is 21.4 Å². The van der Waals surface area contributed by atoms with Crippen molar-refractivity contribution in [2.24, 2.45) is 18.5 Å². The molecule has 8 nitrogen and oxygen atoms in total. The fourth-order valence-corrected chi connectivity index (χ4v) is 4.96. The van der Waals surface area contributed by atoms with Crippen LogP contribution in [0.15, 0.2) is 30.9 Å². The summed E-state index contributed by atoms with van der Waals surface area (Å²) in [6, 6.07) is 2.43. The predicted octanol–water partition coefficient (Wildman–Crippen LogP) is 1.64. The maximum atomic E-state index is 6.99. The van der Waals surface area contributed by atoms with Crippen LogP contribution in [-0.2, 0) is 7.05 Å². The standard InChI is InChI=1S/C21H30N8/c1-27-13-15(11-26-27)17-12-25-20-19(17)18(3-7-24-20)28-8-2-6-21(23,14-28)29-9-4-16(22)5-10-29/h3,7,11-13,16H,2,4-6,8-10,14,22-23H2,1H3,(H,24,25)/t21-/m0/s1. The minimum absolute atomic E-state index is 0.307. The smallest absolute Gasteiger partial charge is 0.139 e. The molecule has 3 aromatic rings. The highest BCUT2D eigenvalue weighted by atomic mass is 15.3. The molecule has 154 valence electrons. The highest BCUT2D eigenvalue weighted by Gasteiger charge is 2.39. The Morgan fingerprint density at radius 2 is 2.07 bits per heavy atom. The molecule has 0 aromatic carbocycles. The number of hydrogen-bond donors (Lipinski definition) is 3. The summed E-state index contributed by atoms with van der Waals surface area (Å²) < 4.78 is 1.83. The predicted molar refractivity (Wildman–Crippen MR) is 115 cm³/mol. The van der Waals surface area contributed by atoms with Gasteiger partial charge in [0.05, 0.1) is 22.9 Å². The molecule has 2 saturated heterocycles. The topological polar surface area (TPSA) is 105 Å². The number of likely N-dealkylation sites (tertiary alicyclic amines) is 1. The van der Waals surface area contributed by atoms with Crippen LogP contribution in [0.3, 0.4) is 0 Å². The number of anilines is 1. The number of pyridine rings is 1. The molecule has 0 saturated carbocycles. The van der Waals surface area contributed by atoms with Crippen molar-refractivity contribution in [3.63, 3.8) is 0 Å². The van der Waals surface area contributed by atoms with Gasteiger partial charge in [-0.1, -0.05) is 0 Å². The SMILES string of the molecule is Cn1cc(-c2c[nH]c3nccc(N4CCC[C@](N)(N5CCC(N)CC5)C4)c23)cn1. The van der Waals surface area contributed by atoms with Crippen LogP contribution in [-0.4, -0.2) is 62.5 Å². The Morgan fingerprint density at radius 1 is 1.24 bits per heavy atom. The summed E-state index contributed by atoms with van der Waals surface area (Å²) in [6.07, 6.45) is 12.0. The number of aromatic amines is 1. The van der Waals surface area contributed by atoms with Crippen molar-refractivity contribution >= 4 is 16.7 Å². The Morgan fingerprint density at radius 3 is 2.83 bits per heavy atom. The van der Waals surface area contributed by atoms with Gasteiger partial charge in [0, 0.05) is 69.0 Å². The van der Waals surface area contributed by atoms with Crippen molar-refractivity contribution in [1.82, 2.24) is 24.6 Å². The molecule has 8 heteroatoms. The monoisotopic (exact) mass is 394 g/mol. The lowest BCUT2D eigenvalue weighted by Crippen LogP contribution is -2.66. The van der Waals surface area contributed by atoms with Crippen LogP contribution in [0.2, 0.25) is 0 Å². The molecular weight excluding hydrogens is 364 g/mol. The van der Waals surface area contributed by atoms with Gasteiger partial charge in [-0.3, -0.25) is 9.58 Å². The molecule has 0 bridgehead atoms. The number of aromatic nitrogens is 4. The largest absolute Gasteiger partial charge is 0.368 e. The van der Waals surface area contributed by atoms with Crippen molar-refractivity contribution in [2.45, 2.75) is 37.4 Å². The molecule has 0 aliphatic carbocycles. The lowest BCUT2D eigenvalue weighted by molar-refractivity contribution is 0.0522. The number of H-pyrrole nitrogens is 1. The van der Waals surface area contributed by atoms with E-state index in [-0.39, 0.29) is 5.66 Å². The number of nitrogens with one attached hydrogen (secondary N) is 1. The maximum absolute atomic E-state index is 6.99. The maximum Gasteiger partial charge on any atom is 0.139 e. The van der Waals surface area contributed by atoms with E-state index in [4.69, 9.17) is 11.5 Å². The summed E-state index contributed by atoms with van der Waals surface area (Å²) in [5.74, 6) is 0. The number of aryl methyl sites for hydroxylation is 1. The Hall–Kier alpha value is -2.42. The van der Waals surface area contributed by atoms with E-state index in [1.807, 2.05) is 36.5 Å². The van der Waals surface area contributed by atoms with E-state index in [0.717, 1.165) is 74.0 Å². The van der Waals surface area contributed by atoms with E-state index in [1.54, 1.807) is 0 Å². The van der Waals surface area contributed by atoms with Gasteiger partial charge in [-0.25, -0.2) is 4.98 Å². The van der Waals surface area contributed by atoms with Crippen molar-refractivity contribution in [1.29, 1.82) is 0 Å². The first kappa shape index (κ1) is 18.6. The quantitative estimate of drug-likeness (QED) is 0.624. The van der Waals surface area contributed by atoms with Gasteiger partial charge in [0.15, 0.2) is 0 Å². The minimum Gasteiger partial charge on any atom is -0.368 e. The number of rotatable bonds is 3. The van der Waals surface area contributed by atoms with Crippen LogP contribution < -0.4 is 16.4 Å². The Labute approximate surface area is 170 Å². The van der Waals surface area contributed by atoms with Crippen molar-refractivity contribution in [2.75, 3.05) is 31.1 Å². The van der Waals surface area contributed by atoms with Crippen molar-refractivity contribution in [3.05, 3.63) is 30.9 Å².